The minimum absolute atomic E-state index is 0.0790. The molecule has 0 spiro atoms. The van der Waals surface area contributed by atoms with Crippen molar-refractivity contribution in [2.75, 3.05) is 0 Å². The molecule has 3 saturated carbocycles. The van der Waals surface area contributed by atoms with Gasteiger partial charge < -0.3 is 5.11 Å². The lowest BCUT2D eigenvalue weighted by Crippen LogP contribution is -2.50. The molecule has 3 fully saturated rings. The second kappa shape index (κ2) is 7.99. The Bertz CT molecular complexity index is 620. The highest BCUT2D eigenvalue weighted by molar-refractivity contribution is 5.25. The molecule has 1 heteroatoms. The van der Waals surface area contributed by atoms with Gasteiger partial charge in [-0.05, 0) is 104 Å². The Morgan fingerprint density at radius 3 is 2.45 bits per heavy atom. The lowest BCUT2D eigenvalue weighted by atomic mass is 9.47. The van der Waals surface area contributed by atoms with Crippen LogP contribution in [-0.2, 0) is 0 Å². The van der Waals surface area contributed by atoms with E-state index in [4.69, 9.17) is 0 Å². The van der Waals surface area contributed by atoms with Crippen molar-refractivity contribution in [3.63, 3.8) is 0 Å². The Kier molecular flexibility index (Phi) is 6.04. The van der Waals surface area contributed by atoms with Gasteiger partial charge in [0.2, 0.25) is 0 Å². The van der Waals surface area contributed by atoms with E-state index in [1.54, 1.807) is 5.57 Å². The molecule has 0 aromatic heterocycles. The smallest absolute Gasteiger partial charge is 0.0577 e. The van der Waals surface area contributed by atoms with E-state index < -0.39 is 0 Å². The average molecular weight is 401 g/mol. The maximum absolute atomic E-state index is 10.2. The third-order valence-corrected chi connectivity index (χ3v) is 11.1. The second-order valence-corrected chi connectivity index (χ2v) is 12.7. The summed E-state index contributed by atoms with van der Waals surface area (Å²) in [4.78, 5) is 0. The molecule has 0 amide bonds. The fraction of sp³-hybridized carbons (Fsp3) is 0.929. The fourth-order valence-electron chi connectivity index (χ4n) is 8.68. The SMILES string of the molecule is CC(C)[C@H](C)CCC(C)[C@H]1CCC2C3CC=C4C[C@@H](O)CC[C@]4(C)C3CC[C@@]21C. The van der Waals surface area contributed by atoms with Crippen LogP contribution in [0.4, 0.5) is 0 Å². The van der Waals surface area contributed by atoms with Crippen LogP contribution in [0.5, 0.6) is 0 Å². The quantitative estimate of drug-likeness (QED) is 0.470. The molecular formula is C28H48O. The third kappa shape index (κ3) is 3.66. The van der Waals surface area contributed by atoms with Crippen LogP contribution in [0, 0.1) is 52.3 Å². The predicted molar refractivity (Wildman–Crippen MR) is 124 cm³/mol. The Morgan fingerprint density at radius 2 is 1.72 bits per heavy atom. The topological polar surface area (TPSA) is 20.2 Å². The van der Waals surface area contributed by atoms with Gasteiger partial charge in [-0.3, -0.25) is 0 Å². The largest absolute Gasteiger partial charge is 0.393 e. The van der Waals surface area contributed by atoms with Crippen molar-refractivity contribution in [1.82, 2.24) is 0 Å². The van der Waals surface area contributed by atoms with Gasteiger partial charge in [0.25, 0.3) is 0 Å². The second-order valence-electron chi connectivity index (χ2n) is 12.7. The van der Waals surface area contributed by atoms with Crippen LogP contribution in [0.2, 0.25) is 0 Å². The van der Waals surface area contributed by atoms with Gasteiger partial charge in [0.15, 0.2) is 0 Å². The monoisotopic (exact) mass is 400 g/mol. The molecule has 4 unspecified atom stereocenters. The van der Waals surface area contributed by atoms with Crippen LogP contribution in [0.1, 0.15) is 106 Å². The molecule has 1 N–H and O–H groups in total. The highest BCUT2D eigenvalue weighted by atomic mass is 16.3. The first kappa shape index (κ1) is 21.9. The molecule has 1 nitrogen and oxygen atoms in total. The summed E-state index contributed by atoms with van der Waals surface area (Å²) in [5.41, 5.74) is 2.59. The summed E-state index contributed by atoms with van der Waals surface area (Å²) < 4.78 is 0. The molecule has 166 valence electrons. The lowest BCUT2D eigenvalue weighted by molar-refractivity contribution is -0.0574. The Labute approximate surface area is 181 Å². The molecule has 0 saturated heterocycles. The summed E-state index contributed by atoms with van der Waals surface area (Å²) in [5.74, 6) is 6.24. The molecule has 0 radical (unpaired) electrons. The number of aliphatic hydroxyl groups is 1. The van der Waals surface area contributed by atoms with Crippen LogP contribution < -0.4 is 0 Å². The minimum Gasteiger partial charge on any atom is -0.393 e. The fourth-order valence-corrected chi connectivity index (χ4v) is 8.68. The first-order valence-electron chi connectivity index (χ1n) is 13.0. The van der Waals surface area contributed by atoms with Gasteiger partial charge in [-0.25, -0.2) is 0 Å². The first-order chi connectivity index (χ1) is 13.7. The summed E-state index contributed by atoms with van der Waals surface area (Å²) in [6, 6.07) is 0. The van der Waals surface area contributed by atoms with Crippen molar-refractivity contribution in [2.45, 2.75) is 112 Å². The van der Waals surface area contributed by atoms with Crippen molar-refractivity contribution in [3.8, 4) is 0 Å². The van der Waals surface area contributed by atoms with E-state index in [1.165, 1.54) is 51.4 Å². The Balaban J connectivity index is 1.49. The summed E-state index contributed by atoms with van der Waals surface area (Å²) in [6.45, 7) is 15.1. The maximum atomic E-state index is 10.2. The van der Waals surface area contributed by atoms with Crippen molar-refractivity contribution < 1.29 is 5.11 Å². The van der Waals surface area contributed by atoms with Crippen LogP contribution >= 0.6 is 0 Å². The minimum atomic E-state index is -0.0790. The molecule has 4 rings (SSSR count). The van der Waals surface area contributed by atoms with Crippen molar-refractivity contribution in [1.29, 1.82) is 0 Å². The number of aliphatic hydroxyl groups excluding tert-OH is 1. The average Bonchev–Trinajstić information content (AvgIpc) is 3.03. The van der Waals surface area contributed by atoms with Gasteiger partial charge in [0, 0.05) is 0 Å². The lowest BCUT2D eigenvalue weighted by Gasteiger charge is -2.58. The zero-order valence-electron chi connectivity index (χ0n) is 20.2. The standard InChI is InChI=1S/C28H48O/c1-18(2)19(3)7-8-20(4)24-11-12-25-23-10-9-21-17-22(29)13-15-27(21,5)26(23)14-16-28(24,25)6/h9,18-20,22-26,29H,7-8,10-17H2,1-6H3/t19-,20?,22+,23?,24-,25?,26?,27+,28-/m1/s1. The third-order valence-electron chi connectivity index (χ3n) is 11.1. The van der Waals surface area contributed by atoms with Crippen LogP contribution in [0.25, 0.3) is 0 Å². The zero-order chi connectivity index (χ0) is 21.0. The molecule has 0 aromatic rings. The van der Waals surface area contributed by atoms with Crippen molar-refractivity contribution >= 4 is 0 Å². The number of hydrogen-bond donors (Lipinski definition) is 1. The zero-order valence-corrected chi connectivity index (χ0v) is 20.2. The van der Waals surface area contributed by atoms with Crippen LogP contribution in [0.15, 0.2) is 11.6 Å². The normalized spacial score (nSPS) is 46.5. The number of rotatable bonds is 5. The number of allylic oxidation sites excluding steroid dienone is 1. The Morgan fingerprint density at radius 1 is 0.966 bits per heavy atom. The summed E-state index contributed by atoms with van der Waals surface area (Å²) in [5, 5.41) is 10.2. The molecule has 0 aliphatic heterocycles. The maximum Gasteiger partial charge on any atom is 0.0577 e. The highest BCUT2D eigenvalue weighted by Crippen LogP contribution is 2.67. The number of hydrogen-bond acceptors (Lipinski definition) is 1. The summed E-state index contributed by atoms with van der Waals surface area (Å²) in [6.07, 6.45) is 15.7. The highest BCUT2D eigenvalue weighted by Gasteiger charge is 2.59. The van der Waals surface area contributed by atoms with E-state index in [0.717, 1.165) is 54.3 Å². The van der Waals surface area contributed by atoms with Gasteiger partial charge in [0.1, 0.15) is 0 Å². The van der Waals surface area contributed by atoms with Gasteiger partial charge in [-0.2, -0.15) is 0 Å². The van der Waals surface area contributed by atoms with E-state index in [1.807, 2.05) is 0 Å². The van der Waals surface area contributed by atoms with E-state index >= 15 is 0 Å². The van der Waals surface area contributed by atoms with E-state index in [0.29, 0.717) is 10.8 Å². The van der Waals surface area contributed by atoms with Crippen molar-refractivity contribution in [2.24, 2.45) is 52.3 Å². The molecule has 0 bridgehead atoms. The van der Waals surface area contributed by atoms with Gasteiger partial charge >= 0.3 is 0 Å². The van der Waals surface area contributed by atoms with E-state index in [2.05, 4.69) is 47.6 Å². The molecule has 0 aromatic carbocycles. The van der Waals surface area contributed by atoms with Crippen molar-refractivity contribution in [3.05, 3.63) is 11.6 Å². The van der Waals surface area contributed by atoms with Crippen LogP contribution in [-0.4, -0.2) is 11.2 Å². The number of fused-ring (bicyclic) bond motifs is 5. The molecule has 29 heavy (non-hydrogen) atoms. The Hall–Kier alpha value is -0.300. The van der Waals surface area contributed by atoms with E-state index in [-0.39, 0.29) is 6.10 Å². The summed E-state index contributed by atoms with van der Waals surface area (Å²) in [7, 11) is 0. The predicted octanol–water partition coefficient (Wildman–Crippen LogP) is 7.63. The molecular weight excluding hydrogens is 352 g/mol. The summed E-state index contributed by atoms with van der Waals surface area (Å²) >= 11 is 0. The van der Waals surface area contributed by atoms with Crippen LogP contribution in [0.3, 0.4) is 0 Å². The van der Waals surface area contributed by atoms with E-state index in [9.17, 15) is 5.11 Å². The van der Waals surface area contributed by atoms with Gasteiger partial charge in [0.05, 0.1) is 6.10 Å². The molecule has 0 heterocycles. The molecule has 4 aliphatic carbocycles. The molecule has 9 atom stereocenters. The van der Waals surface area contributed by atoms with Gasteiger partial charge in [-0.1, -0.05) is 66.0 Å². The van der Waals surface area contributed by atoms with Gasteiger partial charge in [-0.15, -0.1) is 0 Å². The first-order valence-corrected chi connectivity index (χ1v) is 13.0. The molecule has 4 aliphatic rings.